The summed E-state index contributed by atoms with van der Waals surface area (Å²) >= 11 is 3.28. The van der Waals surface area contributed by atoms with Crippen LogP contribution in [0.25, 0.3) is 0 Å². The van der Waals surface area contributed by atoms with Gasteiger partial charge in [0.1, 0.15) is 0 Å². The summed E-state index contributed by atoms with van der Waals surface area (Å²) in [5.41, 5.74) is 0.118. The smallest absolute Gasteiger partial charge is 0.478 e. The number of nitrogens with zero attached hydrogens (tertiary/aromatic N) is 2. The van der Waals surface area contributed by atoms with Crippen LogP contribution in [0.3, 0.4) is 0 Å². The minimum atomic E-state index is -5.08. The number of carboxylic acid groups (broad SMARTS) is 2. The molecule has 192 valence electrons. The molecule has 1 aromatic carbocycles. The average molecular weight is 582 g/mol. The summed E-state index contributed by atoms with van der Waals surface area (Å²) in [6.45, 7) is 1.51. The predicted molar refractivity (Wildman–Crippen MR) is 125 cm³/mol. The van der Waals surface area contributed by atoms with Gasteiger partial charge in [0.25, 0.3) is 10.0 Å². The van der Waals surface area contributed by atoms with Gasteiger partial charge in [0.15, 0.2) is 5.82 Å². The first-order valence-corrected chi connectivity index (χ1v) is 12.7. The zero-order chi connectivity index (χ0) is 26.2. The number of aromatic carboxylic acids is 1. The third kappa shape index (κ3) is 8.69. The highest BCUT2D eigenvalue weighted by Gasteiger charge is 2.38. The van der Waals surface area contributed by atoms with Crippen molar-refractivity contribution in [3.05, 3.63) is 46.6 Å². The number of benzene rings is 1. The monoisotopic (exact) mass is 581 g/mol. The van der Waals surface area contributed by atoms with Crippen LogP contribution < -0.4 is 9.62 Å². The molecule has 0 amide bonds. The van der Waals surface area contributed by atoms with Gasteiger partial charge in [-0.25, -0.2) is 23.0 Å². The van der Waals surface area contributed by atoms with Crippen molar-refractivity contribution in [1.82, 2.24) is 4.98 Å². The first-order chi connectivity index (χ1) is 16.3. The minimum absolute atomic E-state index is 0.0655. The van der Waals surface area contributed by atoms with Gasteiger partial charge in [-0.1, -0.05) is 35.2 Å². The molecule has 9 nitrogen and oxygen atoms in total. The van der Waals surface area contributed by atoms with Gasteiger partial charge in [0.2, 0.25) is 0 Å². The number of rotatable bonds is 5. The largest absolute Gasteiger partial charge is 0.490 e. The minimum Gasteiger partial charge on any atom is -0.478 e. The molecule has 3 N–H and O–H groups in total. The van der Waals surface area contributed by atoms with Crippen LogP contribution in [0.2, 0.25) is 0 Å². The number of hydrogen-bond acceptors (Lipinski definition) is 6. The van der Waals surface area contributed by atoms with Crippen LogP contribution in [0, 0.1) is 0 Å². The number of aliphatic carboxylic acids is 1. The van der Waals surface area contributed by atoms with Gasteiger partial charge in [-0.2, -0.15) is 13.2 Å². The molecule has 0 aliphatic carbocycles. The summed E-state index contributed by atoms with van der Waals surface area (Å²) in [4.78, 5) is 26.7. The van der Waals surface area contributed by atoms with Gasteiger partial charge in [-0.15, -0.1) is 0 Å². The summed E-state index contributed by atoms with van der Waals surface area (Å²) in [7, 11) is -3.88. The van der Waals surface area contributed by atoms with Crippen LogP contribution in [0.1, 0.15) is 42.5 Å². The Morgan fingerprint density at radius 3 is 2.00 bits per heavy atom. The maximum absolute atomic E-state index is 12.8. The molecule has 1 aromatic heterocycles. The number of nitrogens with one attached hydrogen (secondary N) is 1. The van der Waals surface area contributed by atoms with Crippen LogP contribution in [-0.2, 0) is 14.8 Å². The molecule has 1 fully saturated rings. The van der Waals surface area contributed by atoms with E-state index in [1.807, 2.05) is 4.90 Å². The lowest BCUT2D eigenvalue weighted by molar-refractivity contribution is -0.192. The van der Waals surface area contributed by atoms with E-state index in [0.29, 0.717) is 5.82 Å². The highest BCUT2D eigenvalue weighted by molar-refractivity contribution is 9.10. The number of carbonyl (C=O) groups is 2. The van der Waals surface area contributed by atoms with Crippen molar-refractivity contribution < 1.29 is 41.4 Å². The second-order valence-corrected chi connectivity index (χ2v) is 10.1. The van der Waals surface area contributed by atoms with Crippen LogP contribution >= 0.6 is 15.9 Å². The van der Waals surface area contributed by atoms with Crippen molar-refractivity contribution in [2.24, 2.45) is 0 Å². The third-order valence-electron chi connectivity index (χ3n) is 4.88. The number of halogens is 4. The van der Waals surface area contributed by atoms with E-state index >= 15 is 0 Å². The number of alkyl halides is 3. The number of pyridine rings is 1. The van der Waals surface area contributed by atoms with Crippen molar-refractivity contribution in [1.29, 1.82) is 0 Å². The maximum Gasteiger partial charge on any atom is 0.490 e. The van der Waals surface area contributed by atoms with E-state index in [2.05, 4.69) is 25.6 Å². The van der Waals surface area contributed by atoms with Gasteiger partial charge < -0.3 is 15.1 Å². The molecule has 0 radical (unpaired) electrons. The Hall–Kier alpha value is -2.87. The van der Waals surface area contributed by atoms with Crippen molar-refractivity contribution >= 4 is 49.4 Å². The first kappa shape index (κ1) is 28.4. The number of anilines is 2. The zero-order valence-electron chi connectivity index (χ0n) is 18.3. The lowest BCUT2D eigenvalue weighted by Crippen LogP contribution is -2.29. The fourth-order valence-corrected chi connectivity index (χ4v) is 4.49. The number of hydrogen-bond donors (Lipinski definition) is 3. The molecule has 35 heavy (non-hydrogen) atoms. The van der Waals surface area contributed by atoms with E-state index in [1.165, 1.54) is 30.8 Å². The predicted octanol–water partition coefficient (Wildman–Crippen LogP) is 4.75. The second-order valence-electron chi connectivity index (χ2n) is 7.52. The van der Waals surface area contributed by atoms with E-state index in [4.69, 9.17) is 9.90 Å². The molecule has 1 aliphatic rings. The van der Waals surface area contributed by atoms with Gasteiger partial charge >= 0.3 is 18.1 Å². The molecule has 0 atom stereocenters. The van der Waals surface area contributed by atoms with Gasteiger partial charge in [0, 0.05) is 23.8 Å². The first-order valence-electron chi connectivity index (χ1n) is 10.4. The molecule has 1 aliphatic heterocycles. The Labute approximate surface area is 208 Å². The van der Waals surface area contributed by atoms with E-state index in [0.717, 1.165) is 43.2 Å². The molecular weight excluding hydrogens is 559 g/mol. The summed E-state index contributed by atoms with van der Waals surface area (Å²) in [6.07, 6.45) is 1.59. The molecule has 1 saturated heterocycles. The van der Waals surface area contributed by atoms with Gasteiger partial charge in [-0.3, -0.25) is 4.72 Å². The summed E-state index contributed by atoms with van der Waals surface area (Å²) in [6, 6.07) is 7.58. The molecule has 14 heteroatoms. The molecule has 3 rings (SSSR count). The fourth-order valence-electron chi connectivity index (χ4n) is 3.18. The van der Waals surface area contributed by atoms with E-state index in [1.54, 1.807) is 12.1 Å². The van der Waals surface area contributed by atoms with Crippen LogP contribution in [0.4, 0.5) is 24.7 Å². The maximum atomic E-state index is 12.8. The van der Waals surface area contributed by atoms with Crippen LogP contribution in [0.5, 0.6) is 0 Å². The SMILES string of the molecule is O=C(O)C(F)(F)F.O=C(O)c1cnc(N2CCCCCCC2)c(NS(=O)(=O)c2ccc(Br)cc2)c1. The topological polar surface area (TPSA) is 137 Å². The van der Waals surface area contributed by atoms with Gasteiger partial charge in [-0.05, 0) is 43.2 Å². The Morgan fingerprint density at radius 1 is 1.00 bits per heavy atom. The Kier molecular flexibility index (Phi) is 9.89. The molecule has 0 bridgehead atoms. The lowest BCUT2D eigenvalue weighted by Gasteiger charge is -2.28. The fraction of sp³-hybridized carbons (Fsp3) is 0.381. The Bertz CT molecular complexity index is 1140. The molecule has 0 spiro atoms. The van der Waals surface area contributed by atoms with E-state index in [-0.39, 0.29) is 16.1 Å². The van der Waals surface area contributed by atoms with Crippen LogP contribution in [-0.4, -0.2) is 54.8 Å². The third-order valence-corrected chi connectivity index (χ3v) is 6.79. The highest BCUT2D eigenvalue weighted by Crippen LogP contribution is 2.29. The zero-order valence-corrected chi connectivity index (χ0v) is 20.7. The molecule has 0 saturated carbocycles. The van der Waals surface area contributed by atoms with E-state index < -0.39 is 28.1 Å². The van der Waals surface area contributed by atoms with Gasteiger partial charge in [0.05, 0.1) is 16.1 Å². The summed E-state index contributed by atoms with van der Waals surface area (Å²) in [5.74, 6) is -3.45. The summed E-state index contributed by atoms with van der Waals surface area (Å²) in [5, 5.41) is 16.4. The normalized spacial score (nSPS) is 14.7. The molecule has 2 aromatic rings. The number of aromatic nitrogens is 1. The number of carboxylic acids is 2. The highest BCUT2D eigenvalue weighted by atomic mass is 79.9. The van der Waals surface area contributed by atoms with E-state index in [9.17, 15) is 31.5 Å². The van der Waals surface area contributed by atoms with Crippen molar-refractivity contribution in [3.8, 4) is 0 Å². The standard InChI is InChI=1S/C19H22BrN3O4S.C2HF3O2/c20-15-6-8-16(9-7-15)28(26,27)22-17-12-14(19(24)25)13-21-18(17)23-10-4-2-1-3-5-11-23;3-2(4,5)1(6)7/h6-9,12-13,22H,1-5,10-11H2,(H,24,25);(H,6,7). The second kappa shape index (κ2) is 12.2. The van der Waals surface area contributed by atoms with Crippen molar-refractivity contribution in [2.75, 3.05) is 22.7 Å². The summed E-state index contributed by atoms with van der Waals surface area (Å²) < 4.78 is 60.7. The Morgan fingerprint density at radius 2 is 1.51 bits per heavy atom. The lowest BCUT2D eigenvalue weighted by atomic mass is 10.1. The number of sulfonamides is 1. The van der Waals surface area contributed by atoms with Crippen molar-refractivity contribution in [3.63, 3.8) is 0 Å². The van der Waals surface area contributed by atoms with Crippen LogP contribution in [0.15, 0.2) is 45.9 Å². The molecule has 0 unspecified atom stereocenters. The molecular formula is C21H23BrF3N3O6S. The van der Waals surface area contributed by atoms with Crippen molar-refractivity contribution in [2.45, 2.75) is 43.2 Å². The quantitative estimate of drug-likeness (QED) is 0.460. The molecule has 2 heterocycles. The Balaban J connectivity index is 0.000000540. The average Bonchev–Trinajstić information content (AvgIpc) is 2.74.